The van der Waals surface area contributed by atoms with E-state index in [1.807, 2.05) is 60.2 Å². The minimum absolute atomic E-state index is 0.0359. The number of hydrogen-bond acceptors (Lipinski definition) is 6. The van der Waals surface area contributed by atoms with Crippen molar-refractivity contribution < 1.29 is 9.53 Å². The molecule has 0 unspecified atom stereocenters. The Labute approximate surface area is 196 Å². The van der Waals surface area contributed by atoms with E-state index in [1.165, 1.54) is 11.3 Å². The second-order valence-electron chi connectivity index (χ2n) is 7.10. The molecule has 0 spiro atoms. The number of hydrogen-bond donors (Lipinski definition) is 0. The molecule has 0 saturated heterocycles. The van der Waals surface area contributed by atoms with Gasteiger partial charge < -0.3 is 9.30 Å². The van der Waals surface area contributed by atoms with Gasteiger partial charge in [0.2, 0.25) is 0 Å². The number of fused-ring (bicyclic) bond motifs is 1. The molecule has 0 aliphatic carbocycles. The normalized spacial score (nSPS) is 11.1. The lowest BCUT2D eigenvalue weighted by atomic mass is 10.2. The van der Waals surface area contributed by atoms with Crippen molar-refractivity contribution in [1.29, 1.82) is 0 Å². The van der Waals surface area contributed by atoms with E-state index < -0.39 is 0 Å². The number of para-hydroxylation sites is 1. The van der Waals surface area contributed by atoms with Crippen molar-refractivity contribution in [2.45, 2.75) is 31.7 Å². The fourth-order valence-electron chi connectivity index (χ4n) is 3.45. The van der Waals surface area contributed by atoms with E-state index in [0.717, 1.165) is 39.6 Å². The molecule has 8 heteroatoms. The SMILES string of the molecule is CCOc1cccc2sc(N(CCCn3ccnc3)C(=O)c3cccc(SCC)c3)nc12. The van der Waals surface area contributed by atoms with Crippen molar-refractivity contribution in [3.8, 4) is 5.75 Å². The number of rotatable bonds is 10. The molecule has 0 saturated carbocycles. The zero-order valence-corrected chi connectivity index (χ0v) is 19.9. The smallest absolute Gasteiger partial charge is 0.260 e. The molecule has 6 nitrogen and oxygen atoms in total. The number of imidazole rings is 1. The van der Waals surface area contributed by atoms with Crippen LogP contribution >= 0.6 is 23.1 Å². The Hall–Kier alpha value is -2.84. The molecule has 2 aromatic heterocycles. The van der Waals surface area contributed by atoms with Gasteiger partial charge >= 0.3 is 0 Å². The van der Waals surface area contributed by atoms with Crippen LogP contribution in [0.3, 0.4) is 0 Å². The summed E-state index contributed by atoms with van der Waals surface area (Å²) in [7, 11) is 0. The Morgan fingerprint density at radius 1 is 1.22 bits per heavy atom. The quantitative estimate of drug-likeness (QED) is 0.279. The number of carbonyl (C=O) groups is 1. The average Bonchev–Trinajstić information content (AvgIpc) is 3.47. The summed E-state index contributed by atoms with van der Waals surface area (Å²) in [5, 5.41) is 0.691. The van der Waals surface area contributed by atoms with Gasteiger partial charge in [0, 0.05) is 35.9 Å². The number of aryl methyl sites for hydroxylation is 1. The molecule has 0 radical (unpaired) electrons. The van der Waals surface area contributed by atoms with E-state index in [1.54, 1.807) is 29.2 Å². The molecular formula is C24H26N4O2S2. The van der Waals surface area contributed by atoms with Crippen molar-refractivity contribution in [2.75, 3.05) is 23.8 Å². The van der Waals surface area contributed by atoms with E-state index >= 15 is 0 Å². The van der Waals surface area contributed by atoms with Gasteiger partial charge in [0.25, 0.3) is 5.91 Å². The predicted octanol–water partition coefficient (Wildman–Crippen LogP) is 5.74. The van der Waals surface area contributed by atoms with E-state index in [9.17, 15) is 4.79 Å². The lowest BCUT2D eigenvalue weighted by molar-refractivity contribution is 0.0986. The minimum atomic E-state index is -0.0359. The van der Waals surface area contributed by atoms with Crippen LogP contribution in [0.25, 0.3) is 10.2 Å². The van der Waals surface area contributed by atoms with Gasteiger partial charge in [0.05, 0.1) is 17.6 Å². The maximum Gasteiger partial charge on any atom is 0.260 e. The molecule has 166 valence electrons. The summed E-state index contributed by atoms with van der Waals surface area (Å²) < 4.78 is 8.79. The molecule has 0 N–H and O–H groups in total. The fraction of sp³-hybridized carbons (Fsp3) is 0.292. The van der Waals surface area contributed by atoms with Gasteiger partial charge in [-0.25, -0.2) is 9.97 Å². The summed E-state index contributed by atoms with van der Waals surface area (Å²) >= 11 is 3.25. The van der Waals surface area contributed by atoms with Gasteiger partial charge in [0.15, 0.2) is 5.13 Å². The van der Waals surface area contributed by atoms with Crippen molar-refractivity contribution >= 4 is 44.4 Å². The first-order valence-corrected chi connectivity index (χ1v) is 12.5. The fourth-order valence-corrected chi connectivity index (χ4v) is 5.18. The molecule has 4 aromatic rings. The van der Waals surface area contributed by atoms with Crippen molar-refractivity contribution in [2.24, 2.45) is 0 Å². The molecule has 2 aromatic carbocycles. The van der Waals surface area contributed by atoms with Crippen LogP contribution in [0.15, 0.2) is 66.1 Å². The second-order valence-corrected chi connectivity index (χ2v) is 9.45. The summed E-state index contributed by atoms with van der Waals surface area (Å²) in [5.41, 5.74) is 1.48. The van der Waals surface area contributed by atoms with Crippen LogP contribution < -0.4 is 9.64 Å². The number of carbonyl (C=O) groups excluding carboxylic acids is 1. The third-order valence-electron chi connectivity index (χ3n) is 4.90. The average molecular weight is 467 g/mol. The lowest BCUT2D eigenvalue weighted by Gasteiger charge is -2.20. The van der Waals surface area contributed by atoms with Crippen molar-refractivity contribution in [1.82, 2.24) is 14.5 Å². The predicted molar refractivity (Wildman–Crippen MR) is 132 cm³/mol. The maximum atomic E-state index is 13.6. The van der Waals surface area contributed by atoms with Crippen LogP contribution in [-0.4, -0.2) is 39.3 Å². The Balaban J connectivity index is 1.65. The molecule has 2 heterocycles. The Morgan fingerprint density at radius 3 is 2.88 bits per heavy atom. The van der Waals surface area contributed by atoms with E-state index in [-0.39, 0.29) is 5.91 Å². The lowest BCUT2D eigenvalue weighted by Crippen LogP contribution is -2.32. The van der Waals surface area contributed by atoms with Gasteiger partial charge in [-0.2, -0.15) is 0 Å². The highest BCUT2D eigenvalue weighted by Crippen LogP contribution is 2.35. The summed E-state index contributed by atoms with van der Waals surface area (Å²) in [4.78, 5) is 25.4. The van der Waals surface area contributed by atoms with Crippen LogP contribution in [-0.2, 0) is 6.54 Å². The van der Waals surface area contributed by atoms with Crippen molar-refractivity contribution in [3.63, 3.8) is 0 Å². The van der Waals surface area contributed by atoms with E-state index in [0.29, 0.717) is 23.8 Å². The number of anilines is 1. The molecule has 0 atom stereocenters. The van der Waals surface area contributed by atoms with Crippen LogP contribution in [0.1, 0.15) is 30.6 Å². The minimum Gasteiger partial charge on any atom is -0.492 e. The summed E-state index contributed by atoms with van der Waals surface area (Å²) in [6.45, 7) is 5.98. The van der Waals surface area contributed by atoms with Crippen LogP contribution in [0.2, 0.25) is 0 Å². The number of benzene rings is 2. The first-order valence-electron chi connectivity index (χ1n) is 10.7. The van der Waals surface area contributed by atoms with Gasteiger partial charge in [-0.1, -0.05) is 30.4 Å². The van der Waals surface area contributed by atoms with E-state index in [4.69, 9.17) is 9.72 Å². The van der Waals surface area contributed by atoms with Gasteiger partial charge in [-0.15, -0.1) is 11.8 Å². The largest absolute Gasteiger partial charge is 0.492 e. The van der Waals surface area contributed by atoms with Gasteiger partial charge in [-0.05, 0) is 49.4 Å². The van der Waals surface area contributed by atoms with Gasteiger partial charge in [-0.3, -0.25) is 9.69 Å². The van der Waals surface area contributed by atoms with E-state index in [2.05, 4.69) is 11.9 Å². The van der Waals surface area contributed by atoms with Crippen LogP contribution in [0.5, 0.6) is 5.75 Å². The molecule has 0 fully saturated rings. The van der Waals surface area contributed by atoms with Crippen LogP contribution in [0, 0.1) is 0 Å². The summed E-state index contributed by atoms with van der Waals surface area (Å²) in [6, 6.07) is 13.7. The Bertz CT molecular complexity index is 1170. The van der Waals surface area contributed by atoms with Crippen LogP contribution in [0.4, 0.5) is 5.13 Å². The first-order chi connectivity index (χ1) is 15.7. The number of aromatic nitrogens is 3. The highest BCUT2D eigenvalue weighted by atomic mass is 32.2. The molecular weight excluding hydrogens is 440 g/mol. The molecule has 1 amide bonds. The standard InChI is InChI=1S/C24H26N4O2S2/c1-3-30-20-10-6-11-21-22(20)26-24(32-21)28(14-7-13-27-15-12-25-17-27)23(29)18-8-5-9-19(16-18)31-4-2/h5-6,8-12,15-17H,3-4,7,13-14H2,1-2H3. The molecule has 0 bridgehead atoms. The third-order valence-corrected chi connectivity index (χ3v) is 6.82. The monoisotopic (exact) mass is 466 g/mol. The zero-order chi connectivity index (χ0) is 22.3. The number of nitrogens with zero attached hydrogens (tertiary/aromatic N) is 4. The first kappa shape index (κ1) is 22.4. The zero-order valence-electron chi connectivity index (χ0n) is 18.2. The number of amides is 1. The third kappa shape index (κ3) is 5.14. The molecule has 0 aliphatic rings. The van der Waals surface area contributed by atoms with Crippen molar-refractivity contribution in [3.05, 3.63) is 66.7 Å². The highest BCUT2D eigenvalue weighted by molar-refractivity contribution is 7.99. The second kappa shape index (κ2) is 10.7. The maximum absolute atomic E-state index is 13.6. The number of thiazole rings is 1. The highest BCUT2D eigenvalue weighted by Gasteiger charge is 2.22. The topological polar surface area (TPSA) is 60.2 Å². The molecule has 32 heavy (non-hydrogen) atoms. The Kier molecular flexibility index (Phi) is 7.44. The summed E-state index contributed by atoms with van der Waals surface area (Å²) in [6.07, 6.45) is 6.29. The Morgan fingerprint density at radius 2 is 2.09 bits per heavy atom. The number of ether oxygens (including phenoxy) is 1. The summed E-state index contributed by atoms with van der Waals surface area (Å²) in [5.74, 6) is 1.68. The molecule has 0 aliphatic heterocycles. The number of thioether (sulfide) groups is 1. The molecule has 4 rings (SSSR count). The van der Waals surface area contributed by atoms with Gasteiger partial charge in [0.1, 0.15) is 11.3 Å².